The van der Waals surface area contributed by atoms with Crippen molar-refractivity contribution in [2.24, 2.45) is 0 Å². The van der Waals surface area contributed by atoms with Crippen molar-refractivity contribution in [3.8, 4) is 0 Å². The molecule has 1 rings (SSSR count). The van der Waals surface area contributed by atoms with Crippen molar-refractivity contribution in [2.45, 2.75) is 11.7 Å². The molecule has 1 fully saturated rings. The molecule has 1 aliphatic heterocycles. The summed E-state index contributed by atoms with van der Waals surface area (Å²) in [5.74, 6) is 0. The molecule has 1 atom stereocenters. The minimum Gasteiger partial charge on any atom is -0.311 e. The molecule has 1 heterocycles. The van der Waals surface area contributed by atoms with Crippen LogP contribution < -0.4 is 5.32 Å². The van der Waals surface area contributed by atoms with Crippen LogP contribution in [0, 0.1) is 6.54 Å². The average molecular weight is 102 g/mol. The minimum absolute atomic E-state index is 0.574. The molecule has 6 heavy (non-hydrogen) atoms. The van der Waals surface area contributed by atoms with Gasteiger partial charge >= 0.3 is 0 Å². The molecule has 0 aromatic carbocycles. The molecule has 0 spiro atoms. The van der Waals surface area contributed by atoms with Crippen LogP contribution in [0.1, 0.15) is 6.42 Å². The van der Waals surface area contributed by atoms with Gasteiger partial charge in [0.15, 0.2) is 0 Å². The van der Waals surface area contributed by atoms with Gasteiger partial charge in [-0.2, -0.15) is 12.6 Å². The van der Waals surface area contributed by atoms with Crippen LogP contribution in [-0.4, -0.2) is 11.8 Å². The number of hydrogen-bond donors (Lipinski definition) is 2. The zero-order valence-corrected chi connectivity index (χ0v) is 4.41. The summed E-state index contributed by atoms with van der Waals surface area (Å²) in [6.07, 6.45) is 1.11. The molecule has 1 N–H and O–H groups in total. The van der Waals surface area contributed by atoms with Gasteiger partial charge in [0.05, 0.1) is 0 Å². The second-order valence-corrected chi connectivity index (χ2v) is 2.23. The first-order chi connectivity index (χ1) is 2.89. The van der Waals surface area contributed by atoms with Crippen LogP contribution in [-0.2, 0) is 0 Å². The Labute approximate surface area is 43.5 Å². The second-order valence-electron chi connectivity index (χ2n) is 1.50. The first-order valence-electron chi connectivity index (χ1n) is 2.13. The van der Waals surface area contributed by atoms with Crippen LogP contribution in [0.2, 0.25) is 0 Å². The zero-order chi connectivity index (χ0) is 4.41. The van der Waals surface area contributed by atoms with Gasteiger partial charge in [0.2, 0.25) is 0 Å². The molecule has 1 radical (unpaired) electrons. The molecule has 1 unspecified atom stereocenters. The van der Waals surface area contributed by atoms with Gasteiger partial charge in [-0.05, 0) is 6.42 Å². The maximum absolute atomic E-state index is 4.20. The number of thiol groups is 1. The van der Waals surface area contributed by atoms with Gasteiger partial charge in [0.1, 0.15) is 0 Å². The standard InChI is InChI=1S/C4H8NS/c6-4-1-2-5-3-4/h2,4-6H,1,3H2. The Hall–Kier alpha value is 0.310. The highest BCUT2D eigenvalue weighted by atomic mass is 32.1. The number of hydrogen-bond acceptors (Lipinski definition) is 2. The summed E-state index contributed by atoms with van der Waals surface area (Å²) >= 11 is 4.20. The van der Waals surface area contributed by atoms with Gasteiger partial charge in [0.25, 0.3) is 0 Å². The van der Waals surface area contributed by atoms with E-state index in [1.807, 2.05) is 0 Å². The largest absolute Gasteiger partial charge is 0.311 e. The fourth-order valence-electron chi connectivity index (χ4n) is 0.522. The Kier molecular flexibility index (Phi) is 1.37. The predicted molar refractivity (Wildman–Crippen MR) is 29.7 cm³/mol. The van der Waals surface area contributed by atoms with E-state index in [-0.39, 0.29) is 0 Å². The van der Waals surface area contributed by atoms with Gasteiger partial charge in [0, 0.05) is 18.3 Å². The highest BCUT2D eigenvalue weighted by Crippen LogP contribution is 2.06. The van der Waals surface area contributed by atoms with E-state index in [1.165, 1.54) is 0 Å². The van der Waals surface area contributed by atoms with Crippen molar-refractivity contribution in [2.75, 3.05) is 6.54 Å². The Morgan fingerprint density at radius 2 is 2.67 bits per heavy atom. The van der Waals surface area contributed by atoms with E-state index < -0.39 is 0 Å². The molecule has 0 aliphatic carbocycles. The molecule has 1 nitrogen and oxygen atoms in total. The molecule has 0 saturated carbocycles. The Morgan fingerprint density at radius 3 is 2.83 bits per heavy atom. The minimum atomic E-state index is 0.574. The monoisotopic (exact) mass is 102 g/mol. The van der Waals surface area contributed by atoms with Crippen LogP contribution >= 0.6 is 12.6 Å². The van der Waals surface area contributed by atoms with E-state index in [9.17, 15) is 0 Å². The van der Waals surface area contributed by atoms with Crippen LogP contribution in [0.5, 0.6) is 0 Å². The summed E-state index contributed by atoms with van der Waals surface area (Å²) in [5, 5.41) is 3.64. The maximum Gasteiger partial charge on any atom is 0.0232 e. The summed E-state index contributed by atoms with van der Waals surface area (Å²) in [4.78, 5) is 0. The molecular formula is C4H8NS. The van der Waals surface area contributed by atoms with E-state index in [0.29, 0.717) is 5.25 Å². The van der Waals surface area contributed by atoms with Crippen LogP contribution in [0.4, 0.5) is 0 Å². The normalized spacial score (nSPS) is 34.5. The van der Waals surface area contributed by atoms with E-state index in [1.54, 1.807) is 0 Å². The second kappa shape index (κ2) is 1.85. The topological polar surface area (TPSA) is 12.0 Å². The lowest BCUT2D eigenvalue weighted by molar-refractivity contribution is 0.919. The van der Waals surface area contributed by atoms with Crippen molar-refractivity contribution >= 4 is 12.6 Å². The fraction of sp³-hybridized carbons (Fsp3) is 0.750. The number of rotatable bonds is 0. The molecule has 0 amide bonds. The summed E-state index contributed by atoms with van der Waals surface area (Å²) in [6.45, 7) is 3.10. The quantitative estimate of drug-likeness (QED) is 0.423. The van der Waals surface area contributed by atoms with Crippen molar-refractivity contribution in [3.63, 3.8) is 0 Å². The highest BCUT2D eigenvalue weighted by molar-refractivity contribution is 7.81. The molecule has 0 aromatic heterocycles. The third-order valence-electron chi connectivity index (χ3n) is 0.888. The van der Waals surface area contributed by atoms with Gasteiger partial charge < -0.3 is 5.32 Å². The van der Waals surface area contributed by atoms with Gasteiger partial charge in [-0.25, -0.2) is 0 Å². The molecule has 1 aliphatic rings. The summed E-state index contributed by atoms with van der Waals surface area (Å²) in [7, 11) is 0. The molecule has 0 aromatic rings. The molecule has 1 saturated heterocycles. The van der Waals surface area contributed by atoms with Crippen molar-refractivity contribution in [1.29, 1.82) is 0 Å². The van der Waals surface area contributed by atoms with Crippen LogP contribution in [0.15, 0.2) is 0 Å². The first kappa shape index (κ1) is 4.47. The van der Waals surface area contributed by atoms with Gasteiger partial charge in [-0.15, -0.1) is 0 Å². The van der Waals surface area contributed by atoms with Crippen molar-refractivity contribution < 1.29 is 0 Å². The predicted octanol–water partition coefficient (Wildman–Crippen LogP) is 0.440. The van der Waals surface area contributed by atoms with Crippen molar-refractivity contribution in [1.82, 2.24) is 5.32 Å². The Balaban J connectivity index is 2.18. The molecule has 2 heteroatoms. The van der Waals surface area contributed by atoms with E-state index >= 15 is 0 Å². The Morgan fingerprint density at radius 1 is 1.83 bits per heavy atom. The molecule has 0 bridgehead atoms. The third kappa shape index (κ3) is 0.884. The van der Waals surface area contributed by atoms with Crippen LogP contribution in [0.3, 0.4) is 0 Å². The van der Waals surface area contributed by atoms with Gasteiger partial charge in [-0.1, -0.05) is 0 Å². The van der Waals surface area contributed by atoms with Gasteiger partial charge in [-0.3, -0.25) is 0 Å². The highest BCUT2D eigenvalue weighted by Gasteiger charge is 2.07. The fourth-order valence-corrected chi connectivity index (χ4v) is 0.733. The zero-order valence-electron chi connectivity index (χ0n) is 3.52. The van der Waals surface area contributed by atoms with E-state index in [0.717, 1.165) is 13.0 Å². The lowest BCUT2D eigenvalue weighted by Crippen LogP contribution is -2.05. The first-order valence-corrected chi connectivity index (χ1v) is 2.64. The van der Waals surface area contributed by atoms with Crippen LogP contribution in [0.25, 0.3) is 0 Å². The smallest absolute Gasteiger partial charge is 0.0232 e. The maximum atomic E-state index is 4.20. The SMILES string of the molecule is SC1C[CH]NC1. The Bertz CT molecular complexity index is 40.8. The molecular weight excluding hydrogens is 94.1 g/mol. The third-order valence-corrected chi connectivity index (χ3v) is 1.28. The lowest BCUT2D eigenvalue weighted by atomic mass is 10.4. The van der Waals surface area contributed by atoms with E-state index in [4.69, 9.17) is 0 Å². The van der Waals surface area contributed by atoms with Crippen molar-refractivity contribution in [3.05, 3.63) is 6.54 Å². The summed E-state index contributed by atoms with van der Waals surface area (Å²) in [6, 6.07) is 0. The number of nitrogens with one attached hydrogen (secondary N) is 1. The summed E-state index contributed by atoms with van der Waals surface area (Å²) in [5.41, 5.74) is 0. The average Bonchev–Trinajstić information content (AvgIpc) is 1.86. The lowest BCUT2D eigenvalue weighted by Gasteiger charge is -1.89. The molecule has 35 valence electrons. The van der Waals surface area contributed by atoms with E-state index in [2.05, 4.69) is 24.5 Å². The summed E-state index contributed by atoms with van der Waals surface area (Å²) < 4.78 is 0.